The second-order valence-electron chi connectivity index (χ2n) is 13.2. The van der Waals surface area contributed by atoms with Crippen LogP contribution in [-0.4, -0.2) is 72.4 Å². The van der Waals surface area contributed by atoms with E-state index in [4.69, 9.17) is 18.9 Å². The molecule has 254 valence electrons. The Kier molecular flexibility index (Phi) is 13.1. The first-order valence-corrected chi connectivity index (χ1v) is 15.7. The van der Waals surface area contributed by atoms with Gasteiger partial charge in [-0.15, -0.1) is 0 Å². The number of nitrogens with zero attached hydrogens (tertiary/aromatic N) is 1. The first kappa shape index (κ1) is 36.8. The predicted octanol–water partition coefficient (Wildman–Crippen LogP) is 5.99. The first-order valence-electron chi connectivity index (χ1n) is 15.7. The van der Waals surface area contributed by atoms with Crippen molar-refractivity contribution in [3.8, 4) is 5.75 Å². The molecule has 0 saturated carbocycles. The first-order chi connectivity index (χ1) is 22.1. The fourth-order valence-electron chi connectivity index (χ4n) is 4.58. The smallest absolute Gasteiger partial charge is 0.408 e. The molecular weight excluding hydrogens is 602 g/mol. The molecule has 3 aromatic carbocycles. The van der Waals surface area contributed by atoms with Gasteiger partial charge in [-0.3, -0.25) is 4.79 Å². The maximum atomic E-state index is 13.9. The number of hydrogen-bond acceptors (Lipinski definition) is 8. The number of hydrogen-bond donors (Lipinski definition) is 2. The standard InChI is InChI=1S/C36H47N3O8/c1-35(2,3)46-33(42)37-21-13-18-30(32(41)45-28-20-19-26-16-11-12-17-27(26)22-28)39(7)31(40)29(38-34(43)47-36(4,5)6)24-44-23-25-14-9-8-10-15-25/h8-12,14-17,19-20,22,29-30H,13,18,21,23-24H2,1-7H3,(H,37,42)(H,38,43)/t29-,30-/m0/s1. The highest BCUT2D eigenvalue weighted by Crippen LogP contribution is 2.22. The Morgan fingerprint density at radius 2 is 1.40 bits per heavy atom. The molecule has 0 aromatic heterocycles. The molecule has 0 fully saturated rings. The fraction of sp³-hybridized carbons (Fsp3) is 0.444. The zero-order valence-corrected chi connectivity index (χ0v) is 28.3. The van der Waals surface area contributed by atoms with E-state index in [0.717, 1.165) is 16.3 Å². The molecule has 0 aliphatic carbocycles. The molecule has 2 N–H and O–H groups in total. The van der Waals surface area contributed by atoms with Gasteiger partial charge in [0.25, 0.3) is 0 Å². The zero-order chi connectivity index (χ0) is 34.6. The SMILES string of the molecule is CN(C(=O)[C@H](COCc1ccccc1)NC(=O)OC(C)(C)C)[C@@H](CCCNC(=O)OC(C)(C)C)C(=O)Oc1ccc2ccccc2c1. The molecule has 0 saturated heterocycles. The average molecular weight is 650 g/mol. The summed E-state index contributed by atoms with van der Waals surface area (Å²) in [4.78, 5) is 53.8. The Balaban J connectivity index is 1.79. The van der Waals surface area contributed by atoms with Crippen molar-refractivity contribution >= 4 is 34.8 Å². The molecule has 0 radical (unpaired) electrons. The summed E-state index contributed by atoms with van der Waals surface area (Å²) in [7, 11) is 1.47. The minimum atomic E-state index is -1.17. The minimum absolute atomic E-state index is 0.147. The second kappa shape index (κ2) is 16.8. The van der Waals surface area contributed by atoms with Crippen molar-refractivity contribution in [2.24, 2.45) is 0 Å². The molecule has 47 heavy (non-hydrogen) atoms. The average Bonchev–Trinajstić information content (AvgIpc) is 2.98. The lowest BCUT2D eigenvalue weighted by Gasteiger charge is -2.31. The van der Waals surface area contributed by atoms with E-state index in [1.54, 1.807) is 53.7 Å². The molecule has 0 spiro atoms. The van der Waals surface area contributed by atoms with Crippen LogP contribution in [0.15, 0.2) is 72.8 Å². The summed E-state index contributed by atoms with van der Waals surface area (Å²) in [5, 5.41) is 7.15. The highest BCUT2D eigenvalue weighted by atomic mass is 16.6. The Bertz CT molecular complexity index is 1500. The van der Waals surface area contributed by atoms with Crippen LogP contribution in [0.2, 0.25) is 0 Å². The molecule has 2 atom stereocenters. The second-order valence-corrected chi connectivity index (χ2v) is 13.2. The molecule has 11 heteroatoms. The van der Waals surface area contributed by atoms with E-state index < -0.39 is 47.3 Å². The number of benzene rings is 3. The van der Waals surface area contributed by atoms with Crippen LogP contribution in [0.25, 0.3) is 10.8 Å². The lowest BCUT2D eigenvalue weighted by molar-refractivity contribution is -0.149. The quantitative estimate of drug-likeness (QED) is 0.131. The Morgan fingerprint density at radius 3 is 2.06 bits per heavy atom. The van der Waals surface area contributed by atoms with Crippen LogP contribution in [0.4, 0.5) is 9.59 Å². The highest BCUT2D eigenvalue weighted by Gasteiger charge is 2.34. The Hall–Kier alpha value is -4.64. The van der Waals surface area contributed by atoms with Gasteiger partial charge in [-0.2, -0.15) is 0 Å². The molecule has 0 aliphatic heterocycles. The molecule has 0 heterocycles. The summed E-state index contributed by atoms with van der Waals surface area (Å²) >= 11 is 0. The number of likely N-dealkylation sites (N-methyl/N-ethyl adjacent to an activating group) is 1. The molecule has 3 rings (SSSR count). The van der Waals surface area contributed by atoms with Crippen LogP contribution in [0, 0.1) is 0 Å². The fourth-order valence-corrected chi connectivity index (χ4v) is 4.58. The third kappa shape index (κ3) is 12.9. The van der Waals surface area contributed by atoms with Gasteiger partial charge in [0.15, 0.2) is 0 Å². The van der Waals surface area contributed by atoms with Crippen molar-refractivity contribution < 1.29 is 38.1 Å². The summed E-state index contributed by atoms with van der Waals surface area (Å²) in [6.07, 6.45) is -0.920. The van der Waals surface area contributed by atoms with Gasteiger partial charge in [-0.25, -0.2) is 14.4 Å². The number of fused-ring (bicyclic) bond motifs is 1. The van der Waals surface area contributed by atoms with E-state index in [1.165, 1.54) is 11.9 Å². The summed E-state index contributed by atoms with van der Waals surface area (Å²) < 4.78 is 22.3. The van der Waals surface area contributed by atoms with Crippen LogP contribution in [-0.2, 0) is 30.4 Å². The van der Waals surface area contributed by atoms with E-state index in [1.807, 2.05) is 60.7 Å². The number of ether oxygens (including phenoxy) is 4. The van der Waals surface area contributed by atoms with E-state index in [0.29, 0.717) is 12.2 Å². The van der Waals surface area contributed by atoms with Crippen LogP contribution in [0.5, 0.6) is 5.75 Å². The van der Waals surface area contributed by atoms with Gasteiger partial charge < -0.3 is 34.5 Å². The predicted molar refractivity (Wildman–Crippen MR) is 179 cm³/mol. The summed E-state index contributed by atoms with van der Waals surface area (Å²) in [5.41, 5.74) is -0.581. The molecule has 0 unspecified atom stereocenters. The van der Waals surface area contributed by atoms with E-state index in [9.17, 15) is 19.2 Å². The van der Waals surface area contributed by atoms with Crippen molar-refractivity contribution in [2.45, 2.75) is 84.3 Å². The maximum Gasteiger partial charge on any atom is 0.408 e. The normalized spacial score (nSPS) is 12.8. The van der Waals surface area contributed by atoms with Gasteiger partial charge in [-0.1, -0.05) is 60.7 Å². The van der Waals surface area contributed by atoms with Crippen LogP contribution in [0.3, 0.4) is 0 Å². The third-order valence-corrected chi connectivity index (χ3v) is 6.73. The number of nitrogens with one attached hydrogen (secondary N) is 2. The number of carbonyl (C=O) groups excluding carboxylic acids is 4. The van der Waals surface area contributed by atoms with Gasteiger partial charge in [0.05, 0.1) is 13.2 Å². The van der Waals surface area contributed by atoms with Gasteiger partial charge in [0, 0.05) is 13.6 Å². The molecule has 0 bridgehead atoms. The molecular formula is C36H47N3O8. The van der Waals surface area contributed by atoms with E-state index in [2.05, 4.69) is 10.6 Å². The Labute approximate surface area is 276 Å². The number of amides is 3. The highest BCUT2D eigenvalue weighted by molar-refractivity contribution is 5.91. The molecule has 11 nitrogen and oxygen atoms in total. The van der Waals surface area contributed by atoms with Crippen LogP contribution < -0.4 is 15.4 Å². The van der Waals surface area contributed by atoms with Crippen molar-refractivity contribution in [2.75, 3.05) is 20.2 Å². The van der Waals surface area contributed by atoms with Gasteiger partial charge in [-0.05, 0) is 82.9 Å². The van der Waals surface area contributed by atoms with Gasteiger partial charge >= 0.3 is 18.2 Å². The summed E-state index contributed by atoms with van der Waals surface area (Å²) in [5.74, 6) is -0.930. The van der Waals surface area contributed by atoms with Crippen molar-refractivity contribution in [1.82, 2.24) is 15.5 Å². The zero-order valence-electron chi connectivity index (χ0n) is 28.3. The third-order valence-electron chi connectivity index (χ3n) is 6.73. The number of esters is 1. The molecule has 3 aromatic rings. The van der Waals surface area contributed by atoms with E-state index >= 15 is 0 Å². The maximum absolute atomic E-state index is 13.9. The van der Waals surface area contributed by atoms with Crippen molar-refractivity contribution in [3.05, 3.63) is 78.4 Å². The molecule has 0 aliphatic rings. The number of rotatable bonds is 13. The number of carbonyl (C=O) groups is 4. The van der Waals surface area contributed by atoms with Crippen molar-refractivity contribution in [3.63, 3.8) is 0 Å². The van der Waals surface area contributed by atoms with Gasteiger partial charge in [0.2, 0.25) is 5.91 Å². The largest absolute Gasteiger partial charge is 0.444 e. The minimum Gasteiger partial charge on any atom is -0.444 e. The van der Waals surface area contributed by atoms with Gasteiger partial charge in [0.1, 0.15) is 29.0 Å². The monoisotopic (exact) mass is 649 g/mol. The lowest BCUT2D eigenvalue weighted by Crippen LogP contribution is -2.55. The van der Waals surface area contributed by atoms with E-state index in [-0.39, 0.29) is 26.2 Å². The van der Waals surface area contributed by atoms with Crippen LogP contribution in [0.1, 0.15) is 59.9 Å². The van der Waals surface area contributed by atoms with Crippen molar-refractivity contribution in [1.29, 1.82) is 0 Å². The Morgan fingerprint density at radius 1 is 0.787 bits per heavy atom. The lowest BCUT2D eigenvalue weighted by atomic mass is 10.1. The topological polar surface area (TPSA) is 132 Å². The summed E-state index contributed by atoms with van der Waals surface area (Å²) in [6, 6.07) is 20.1. The summed E-state index contributed by atoms with van der Waals surface area (Å²) in [6.45, 7) is 10.6. The number of alkyl carbamates (subject to hydrolysis) is 2. The van der Waals surface area contributed by atoms with Crippen LogP contribution >= 0.6 is 0 Å². The molecule has 3 amide bonds.